The largest absolute Gasteiger partial charge is 0.393 e. The maximum atomic E-state index is 5.78. The highest BCUT2D eigenvalue weighted by Gasteiger charge is 2.26. The molecule has 0 spiro atoms. The van der Waals surface area contributed by atoms with Gasteiger partial charge in [0.25, 0.3) is 0 Å². The number of rotatable bonds is 3. The van der Waals surface area contributed by atoms with Crippen LogP contribution < -0.4 is 0 Å². The molecule has 0 saturated carbocycles. The molecule has 1 aliphatic rings. The summed E-state index contributed by atoms with van der Waals surface area (Å²) in [7, 11) is 0. The van der Waals surface area contributed by atoms with Crippen molar-refractivity contribution in [3.8, 4) is 0 Å². The maximum Gasteiger partial charge on any atom is 0.305 e. The minimum atomic E-state index is -0.496. The molecule has 1 fully saturated rings. The molecule has 1 atom stereocenters. The zero-order chi connectivity index (χ0) is 8.10. The van der Waals surface area contributed by atoms with Crippen LogP contribution in [0.5, 0.6) is 0 Å². The Hall–Kier alpha value is 0.492. The van der Waals surface area contributed by atoms with E-state index in [0.717, 1.165) is 11.6 Å². The molecule has 0 radical (unpaired) electrons. The van der Waals surface area contributed by atoms with Crippen molar-refractivity contribution in [1.82, 2.24) is 0 Å². The van der Waals surface area contributed by atoms with Crippen LogP contribution in [0.4, 0.5) is 0 Å². The van der Waals surface area contributed by atoms with E-state index in [9.17, 15) is 0 Å². The Balaban J connectivity index is 2.30. The molecule has 0 aromatic carbocycles. The predicted octanol–water partition coefficient (Wildman–Crippen LogP) is 2.63. The first-order valence-electron chi connectivity index (χ1n) is 5.00. The van der Waals surface area contributed by atoms with Crippen molar-refractivity contribution < 1.29 is 4.74 Å². The zero-order valence-electron chi connectivity index (χ0n) is 7.81. The van der Waals surface area contributed by atoms with Crippen molar-refractivity contribution in [2.24, 2.45) is 0 Å². The summed E-state index contributed by atoms with van der Waals surface area (Å²) in [6.07, 6.45) is 4.07. The van der Waals surface area contributed by atoms with Gasteiger partial charge in [0.2, 0.25) is 0 Å². The van der Waals surface area contributed by atoms with Gasteiger partial charge in [-0.05, 0) is 19.3 Å². The Labute approximate surface area is 74.5 Å². The average molecular weight is 170 g/mol. The van der Waals surface area contributed by atoms with Gasteiger partial charge in [-0.1, -0.05) is 24.4 Å². The highest BCUT2D eigenvalue weighted by Crippen LogP contribution is 2.18. The van der Waals surface area contributed by atoms with Gasteiger partial charge in [-0.2, -0.15) is 0 Å². The fourth-order valence-corrected chi connectivity index (χ4v) is 4.70. The van der Waals surface area contributed by atoms with E-state index in [1.165, 1.54) is 29.8 Å². The molecule has 0 N–H and O–H groups in total. The Bertz CT molecular complexity index is 95.7. The van der Waals surface area contributed by atoms with Gasteiger partial charge in [0, 0.05) is 11.6 Å². The monoisotopic (exact) mass is 170 g/mol. The molecule has 0 aliphatic carbocycles. The van der Waals surface area contributed by atoms with E-state index in [0.29, 0.717) is 0 Å². The Kier molecular flexibility index (Phi) is 4.52. The van der Waals surface area contributed by atoms with Crippen LogP contribution in [-0.4, -0.2) is 25.7 Å². The van der Waals surface area contributed by atoms with Crippen LogP contribution in [0, 0.1) is 0 Å². The summed E-state index contributed by atoms with van der Waals surface area (Å²) in [6, 6.07) is 0. The summed E-state index contributed by atoms with van der Waals surface area (Å²) in [6.45, 7) is 5.70. The Morgan fingerprint density at radius 3 is 2.45 bits per heavy atom. The minimum absolute atomic E-state index is 0.496. The van der Waals surface area contributed by atoms with E-state index in [-0.39, 0.29) is 0 Å². The lowest BCUT2D eigenvalue weighted by molar-refractivity contribution is 0.0622. The van der Waals surface area contributed by atoms with E-state index < -0.39 is 14.1 Å². The quantitative estimate of drug-likeness (QED) is 0.592. The fourth-order valence-electron chi connectivity index (χ4n) is 1.95. The first-order chi connectivity index (χ1) is 5.38. The highest BCUT2D eigenvalue weighted by atomic mass is 27.2. The molecule has 11 heavy (non-hydrogen) atoms. The van der Waals surface area contributed by atoms with Crippen molar-refractivity contribution in [3.63, 3.8) is 0 Å². The molecule has 0 aromatic rings. The van der Waals surface area contributed by atoms with E-state index >= 15 is 0 Å². The van der Waals surface area contributed by atoms with Crippen LogP contribution in [0.2, 0.25) is 10.6 Å². The van der Waals surface area contributed by atoms with Gasteiger partial charge in [-0.3, -0.25) is 0 Å². The third kappa shape index (κ3) is 2.78. The minimum Gasteiger partial charge on any atom is -0.393 e. The van der Waals surface area contributed by atoms with Crippen molar-refractivity contribution >= 4 is 14.1 Å². The van der Waals surface area contributed by atoms with Crippen molar-refractivity contribution in [1.29, 1.82) is 0 Å². The van der Waals surface area contributed by atoms with Gasteiger partial charge in [0.15, 0.2) is 0 Å². The smallest absolute Gasteiger partial charge is 0.305 e. The van der Waals surface area contributed by atoms with Gasteiger partial charge >= 0.3 is 14.1 Å². The standard InChI is InChI=1S/C5H9O.2C2H5.Al/c1-2-4-6-5-3-1;2*1-2;/h4H,1-3,5H2;2*1H2,2H3;. The fraction of sp³-hybridized carbons (Fsp3) is 1.00. The summed E-state index contributed by atoms with van der Waals surface area (Å²) >= 11 is -0.496. The van der Waals surface area contributed by atoms with Crippen LogP contribution in [0.3, 0.4) is 0 Å². The molecule has 1 heterocycles. The second-order valence-corrected chi connectivity index (χ2v) is 7.38. The second-order valence-electron chi connectivity index (χ2n) is 3.48. The molecular formula is C9H19AlO. The molecular weight excluding hydrogens is 151 g/mol. The molecule has 64 valence electrons. The molecule has 0 amide bonds. The van der Waals surface area contributed by atoms with Gasteiger partial charge in [0.05, 0.1) is 0 Å². The first-order valence-corrected chi connectivity index (χ1v) is 7.30. The Morgan fingerprint density at radius 2 is 2.00 bits per heavy atom. The van der Waals surface area contributed by atoms with Crippen LogP contribution in [0.25, 0.3) is 0 Å². The molecule has 1 aliphatic heterocycles. The normalized spacial score (nSPS) is 25.1. The van der Waals surface area contributed by atoms with Gasteiger partial charge < -0.3 is 4.74 Å². The number of hydrogen-bond acceptors (Lipinski definition) is 1. The van der Waals surface area contributed by atoms with E-state index in [4.69, 9.17) is 4.74 Å². The number of ether oxygens (including phenoxy) is 1. The molecule has 2 heteroatoms. The second kappa shape index (κ2) is 5.19. The summed E-state index contributed by atoms with van der Waals surface area (Å²) in [5.41, 5.74) is 0. The van der Waals surface area contributed by atoms with Crippen molar-refractivity contribution in [3.05, 3.63) is 0 Å². The summed E-state index contributed by atoms with van der Waals surface area (Å²) in [4.78, 5) is 0.721. The molecule has 0 bridgehead atoms. The van der Waals surface area contributed by atoms with Crippen LogP contribution >= 0.6 is 0 Å². The average Bonchev–Trinajstić information content (AvgIpc) is 2.09. The van der Waals surface area contributed by atoms with Crippen LogP contribution in [0.15, 0.2) is 0 Å². The van der Waals surface area contributed by atoms with Gasteiger partial charge in [-0.25, -0.2) is 0 Å². The third-order valence-corrected chi connectivity index (χ3v) is 6.46. The van der Waals surface area contributed by atoms with Gasteiger partial charge in [0.1, 0.15) is 0 Å². The molecule has 1 rings (SSSR count). The van der Waals surface area contributed by atoms with Crippen molar-refractivity contribution in [2.75, 3.05) is 6.61 Å². The van der Waals surface area contributed by atoms with Crippen molar-refractivity contribution in [2.45, 2.75) is 48.6 Å². The predicted molar refractivity (Wildman–Crippen MR) is 50.3 cm³/mol. The SMILES string of the molecule is C[CH2][Al]([CH2]C)[CH]1CCCCO1. The number of hydrogen-bond donors (Lipinski definition) is 0. The third-order valence-electron chi connectivity index (χ3n) is 2.79. The lowest BCUT2D eigenvalue weighted by atomic mass is 10.2. The summed E-state index contributed by atoms with van der Waals surface area (Å²) < 4.78 is 5.78. The molecule has 1 unspecified atom stereocenters. The summed E-state index contributed by atoms with van der Waals surface area (Å²) in [5.74, 6) is 0. The zero-order valence-corrected chi connectivity index (χ0v) is 8.96. The highest BCUT2D eigenvalue weighted by molar-refractivity contribution is 6.60. The molecule has 1 nitrogen and oxygen atoms in total. The van der Waals surface area contributed by atoms with E-state index in [2.05, 4.69) is 13.8 Å². The Morgan fingerprint density at radius 1 is 1.27 bits per heavy atom. The molecule has 0 aromatic heterocycles. The van der Waals surface area contributed by atoms with E-state index in [1.54, 1.807) is 0 Å². The van der Waals surface area contributed by atoms with Crippen LogP contribution in [0.1, 0.15) is 33.1 Å². The lowest BCUT2D eigenvalue weighted by Crippen LogP contribution is -2.34. The topological polar surface area (TPSA) is 9.23 Å². The van der Waals surface area contributed by atoms with Crippen LogP contribution in [-0.2, 0) is 4.74 Å². The lowest BCUT2D eigenvalue weighted by Gasteiger charge is -2.26. The first kappa shape index (κ1) is 9.58. The van der Waals surface area contributed by atoms with Gasteiger partial charge in [-0.15, -0.1) is 0 Å². The maximum absolute atomic E-state index is 5.78. The van der Waals surface area contributed by atoms with E-state index in [1.807, 2.05) is 0 Å². The molecule has 1 saturated heterocycles. The summed E-state index contributed by atoms with van der Waals surface area (Å²) in [5, 5.41) is 2.84.